The van der Waals surface area contributed by atoms with Crippen LogP contribution in [-0.4, -0.2) is 16.7 Å². The fraction of sp³-hybridized carbons (Fsp3) is 0.222. The van der Waals surface area contributed by atoms with E-state index in [0.29, 0.717) is 23.3 Å². The topological polar surface area (TPSA) is 62.3 Å². The van der Waals surface area contributed by atoms with Gasteiger partial charge in [-0.3, -0.25) is 19.5 Å². The molecule has 1 aliphatic carbocycles. The van der Waals surface area contributed by atoms with E-state index >= 15 is 0 Å². The van der Waals surface area contributed by atoms with Crippen molar-refractivity contribution in [3.05, 3.63) is 102 Å². The van der Waals surface area contributed by atoms with Crippen LogP contribution in [0.2, 0.25) is 0 Å². The summed E-state index contributed by atoms with van der Waals surface area (Å²) in [6.45, 7) is 4.21. The largest absolute Gasteiger partial charge is 0.357 e. The molecule has 0 unspecified atom stereocenters. The Morgan fingerprint density at radius 3 is 2.44 bits per heavy atom. The highest BCUT2D eigenvalue weighted by molar-refractivity contribution is 6.11. The maximum absolute atomic E-state index is 13.9. The molecular formula is C27H25N3O2. The molecule has 0 fully saturated rings. The molecule has 5 heteroatoms. The van der Waals surface area contributed by atoms with Crippen molar-refractivity contribution in [2.24, 2.45) is 5.41 Å². The summed E-state index contributed by atoms with van der Waals surface area (Å²) < 4.78 is 0. The third-order valence-electron chi connectivity index (χ3n) is 6.11. The van der Waals surface area contributed by atoms with Crippen molar-refractivity contribution < 1.29 is 9.59 Å². The minimum absolute atomic E-state index is 0.0538. The standard InChI is InChI=1S/C27H25N3O2/c1-27(2)16-21-24(23(31)17-27)25(20-13-8-9-15-28-20)30(22-14-7-6-12-19(22)29-21)26(32)18-10-4-3-5-11-18/h3-15,25,29H,16-17H2,1-2H3/t25-/m1/s1. The number of pyridine rings is 1. The summed E-state index contributed by atoms with van der Waals surface area (Å²) in [4.78, 5) is 33.8. The van der Waals surface area contributed by atoms with E-state index in [1.165, 1.54) is 0 Å². The minimum atomic E-state index is -0.612. The van der Waals surface area contributed by atoms with Crippen molar-refractivity contribution in [3.63, 3.8) is 0 Å². The summed E-state index contributed by atoms with van der Waals surface area (Å²) in [5.74, 6) is -0.111. The molecule has 1 aromatic heterocycles. The summed E-state index contributed by atoms with van der Waals surface area (Å²) in [7, 11) is 0. The van der Waals surface area contributed by atoms with E-state index in [9.17, 15) is 9.59 Å². The van der Waals surface area contributed by atoms with E-state index < -0.39 is 6.04 Å². The first kappa shape index (κ1) is 20.2. The van der Waals surface area contributed by atoms with Crippen molar-refractivity contribution in [1.29, 1.82) is 0 Å². The second-order valence-corrected chi connectivity index (χ2v) is 9.17. The molecular weight excluding hydrogens is 398 g/mol. The molecule has 0 bridgehead atoms. The number of hydrogen-bond donors (Lipinski definition) is 1. The molecule has 3 aromatic rings. The van der Waals surface area contributed by atoms with Gasteiger partial charge in [-0.25, -0.2) is 0 Å². The average molecular weight is 424 g/mol. The predicted molar refractivity (Wildman–Crippen MR) is 125 cm³/mol. The van der Waals surface area contributed by atoms with Gasteiger partial charge in [0.1, 0.15) is 6.04 Å². The van der Waals surface area contributed by atoms with Gasteiger partial charge in [0, 0.05) is 29.5 Å². The van der Waals surface area contributed by atoms with Gasteiger partial charge < -0.3 is 5.32 Å². The minimum Gasteiger partial charge on any atom is -0.357 e. The zero-order valence-electron chi connectivity index (χ0n) is 18.2. The van der Waals surface area contributed by atoms with Gasteiger partial charge in [0.05, 0.1) is 17.1 Å². The fourth-order valence-electron chi connectivity index (χ4n) is 4.75. The zero-order valence-corrected chi connectivity index (χ0v) is 18.2. The Morgan fingerprint density at radius 2 is 1.69 bits per heavy atom. The quantitative estimate of drug-likeness (QED) is 0.588. The van der Waals surface area contributed by atoms with E-state index in [-0.39, 0.29) is 17.1 Å². The molecule has 2 heterocycles. The van der Waals surface area contributed by atoms with Crippen LogP contribution in [0.15, 0.2) is 90.3 Å². The lowest BCUT2D eigenvalue weighted by atomic mass is 9.73. The number of allylic oxidation sites excluding steroid dienone is 1. The molecule has 0 radical (unpaired) electrons. The average Bonchev–Trinajstić information content (AvgIpc) is 2.93. The van der Waals surface area contributed by atoms with Crippen molar-refractivity contribution in [2.45, 2.75) is 32.7 Å². The number of amides is 1. The van der Waals surface area contributed by atoms with Crippen LogP contribution in [0.1, 0.15) is 48.8 Å². The van der Waals surface area contributed by atoms with Gasteiger partial charge in [0.15, 0.2) is 5.78 Å². The first-order valence-electron chi connectivity index (χ1n) is 10.9. The number of hydrogen-bond acceptors (Lipinski definition) is 4. The van der Waals surface area contributed by atoms with Gasteiger partial charge in [0.25, 0.3) is 5.91 Å². The zero-order chi connectivity index (χ0) is 22.3. The Hall–Kier alpha value is -3.73. The SMILES string of the molecule is CC1(C)CC(=O)C2=C(C1)Nc1ccccc1N(C(=O)c1ccccc1)[C@@H]2c1ccccn1. The van der Waals surface area contributed by atoms with Crippen LogP contribution in [-0.2, 0) is 4.79 Å². The summed E-state index contributed by atoms with van der Waals surface area (Å²) >= 11 is 0. The van der Waals surface area contributed by atoms with Gasteiger partial charge in [-0.05, 0) is 48.2 Å². The normalized spacial score (nSPS) is 19.5. The number of para-hydroxylation sites is 2. The summed E-state index contributed by atoms with van der Waals surface area (Å²) in [5.41, 5.74) is 4.13. The second-order valence-electron chi connectivity index (χ2n) is 9.17. The molecule has 0 saturated carbocycles. The maximum atomic E-state index is 13.9. The van der Waals surface area contributed by atoms with Gasteiger partial charge in [-0.1, -0.05) is 50.2 Å². The molecule has 32 heavy (non-hydrogen) atoms. The van der Waals surface area contributed by atoms with Gasteiger partial charge in [0.2, 0.25) is 0 Å². The van der Waals surface area contributed by atoms with Gasteiger partial charge >= 0.3 is 0 Å². The molecule has 1 amide bonds. The number of benzene rings is 2. The number of nitrogens with one attached hydrogen (secondary N) is 1. The van der Waals surface area contributed by atoms with Crippen LogP contribution in [0.3, 0.4) is 0 Å². The third kappa shape index (κ3) is 3.50. The van der Waals surface area contributed by atoms with E-state index in [1.807, 2.05) is 60.7 Å². The van der Waals surface area contributed by atoms with Crippen molar-refractivity contribution in [1.82, 2.24) is 4.98 Å². The molecule has 1 atom stereocenters. The molecule has 5 nitrogen and oxygen atoms in total. The lowest BCUT2D eigenvalue weighted by Crippen LogP contribution is -2.40. The van der Waals surface area contributed by atoms with E-state index in [2.05, 4.69) is 24.1 Å². The van der Waals surface area contributed by atoms with Gasteiger partial charge in [-0.15, -0.1) is 0 Å². The first-order valence-corrected chi connectivity index (χ1v) is 10.9. The Bertz CT molecular complexity index is 1220. The number of ketones is 1. The van der Waals surface area contributed by atoms with E-state index in [1.54, 1.807) is 23.2 Å². The van der Waals surface area contributed by atoms with Crippen LogP contribution in [0.4, 0.5) is 11.4 Å². The molecule has 160 valence electrons. The van der Waals surface area contributed by atoms with Crippen molar-refractivity contribution >= 4 is 23.1 Å². The van der Waals surface area contributed by atoms with Crippen molar-refractivity contribution in [2.75, 3.05) is 10.2 Å². The molecule has 5 rings (SSSR count). The Labute approximate surface area is 187 Å². The second kappa shape index (κ2) is 7.75. The lowest BCUT2D eigenvalue weighted by molar-refractivity contribution is -0.118. The number of Topliss-reactive ketones (excluding diaryl/α,β-unsaturated/α-hetero) is 1. The fourth-order valence-corrected chi connectivity index (χ4v) is 4.75. The lowest BCUT2D eigenvalue weighted by Gasteiger charge is -2.36. The molecule has 2 aliphatic rings. The predicted octanol–water partition coefficient (Wildman–Crippen LogP) is 5.54. The van der Waals surface area contributed by atoms with Gasteiger partial charge in [-0.2, -0.15) is 0 Å². The molecule has 1 N–H and O–H groups in total. The summed E-state index contributed by atoms with van der Waals surface area (Å²) in [5, 5.41) is 3.52. The smallest absolute Gasteiger partial charge is 0.259 e. The van der Waals surface area contributed by atoms with E-state index in [4.69, 9.17) is 0 Å². The number of carbonyl (C=O) groups is 2. The Balaban J connectivity index is 1.79. The number of aromatic nitrogens is 1. The highest BCUT2D eigenvalue weighted by Gasteiger charge is 2.43. The number of carbonyl (C=O) groups excluding carboxylic acids is 2. The molecule has 0 spiro atoms. The third-order valence-corrected chi connectivity index (χ3v) is 6.11. The number of nitrogens with zero attached hydrogens (tertiary/aromatic N) is 2. The Morgan fingerprint density at radius 1 is 0.969 bits per heavy atom. The maximum Gasteiger partial charge on any atom is 0.259 e. The molecule has 1 aliphatic heterocycles. The van der Waals surface area contributed by atoms with Crippen molar-refractivity contribution in [3.8, 4) is 0 Å². The number of fused-ring (bicyclic) bond motifs is 1. The summed E-state index contributed by atoms with van der Waals surface area (Å²) in [6, 6.07) is 22.0. The van der Waals surface area contributed by atoms with Crippen LogP contribution in [0.5, 0.6) is 0 Å². The number of anilines is 2. The van der Waals surface area contributed by atoms with Crippen LogP contribution < -0.4 is 10.2 Å². The van der Waals surface area contributed by atoms with Crippen LogP contribution >= 0.6 is 0 Å². The molecule has 2 aromatic carbocycles. The first-order chi connectivity index (χ1) is 15.4. The highest BCUT2D eigenvalue weighted by atomic mass is 16.2. The monoisotopic (exact) mass is 423 g/mol. The highest BCUT2D eigenvalue weighted by Crippen LogP contribution is 2.48. The number of rotatable bonds is 2. The Kier molecular flexibility index (Phi) is 4.89. The van der Waals surface area contributed by atoms with Crippen LogP contribution in [0, 0.1) is 5.41 Å². The molecule has 0 saturated heterocycles. The van der Waals surface area contributed by atoms with E-state index in [0.717, 1.165) is 23.5 Å². The summed E-state index contributed by atoms with van der Waals surface area (Å²) in [6.07, 6.45) is 2.86. The van der Waals surface area contributed by atoms with Crippen LogP contribution in [0.25, 0.3) is 0 Å².